The molecule has 0 fully saturated rings. The molecule has 0 N–H and O–H groups in total. The predicted molar refractivity (Wildman–Crippen MR) is 218 cm³/mol. The molecule has 1 aliphatic rings. The minimum absolute atomic E-state index is 0.0513. The van der Waals surface area contributed by atoms with E-state index in [9.17, 15) is 0 Å². The van der Waals surface area contributed by atoms with E-state index >= 15 is 0 Å². The van der Waals surface area contributed by atoms with Gasteiger partial charge in [0.2, 0.25) is 0 Å². The van der Waals surface area contributed by atoms with Crippen molar-refractivity contribution in [3.63, 3.8) is 0 Å². The van der Waals surface area contributed by atoms with Crippen LogP contribution in [0, 0.1) is 0 Å². The topological polar surface area (TPSA) is 3.24 Å². The van der Waals surface area contributed by atoms with Gasteiger partial charge in [-0.3, -0.25) is 0 Å². The van der Waals surface area contributed by atoms with E-state index in [0.29, 0.717) is 0 Å². The van der Waals surface area contributed by atoms with Crippen LogP contribution in [0.3, 0.4) is 0 Å². The van der Waals surface area contributed by atoms with Gasteiger partial charge in [0, 0.05) is 22.2 Å². The van der Waals surface area contributed by atoms with Crippen molar-refractivity contribution in [3.8, 4) is 22.3 Å². The normalized spacial score (nSPS) is 13.7. The van der Waals surface area contributed by atoms with Crippen molar-refractivity contribution in [1.29, 1.82) is 0 Å². The van der Waals surface area contributed by atoms with E-state index in [4.69, 9.17) is 0 Å². The number of hydrogen-bond acceptors (Lipinski definition) is 1. The first kappa shape index (κ1) is 33.9. The van der Waals surface area contributed by atoms with Crippen LogP contribution in [0.4, 0.5) is 17.1 Å². The van der Waals surface area contributed by atoms with Gasteiger partial charge in [-0.15, -0.1) is 0 Å². The first-order chi connectivity index (χ1) is 23.7. The van der Waals surface area contributed by atoms with Gasteiger partial charge in [0.15, 0.2) is 0 Å². The van der Waals surface area contributed by atoms with Crippen LogP contribution in [0.15, 0.2) is 115 Å². The van der Waals surface area contributed by atoms with Crippen molar-refractivity contribution in [2.24, 2.45) is 0 Å². The lowest BCUT2D eigenvalue weighted by Crippen LogP contribution is -2.15. The molecule has 254 valence electrons. The molecular formula is C49H53N. The van der Waals surface area contributed by atoms with Crippen LogP contribution < -0.4 is 4.90 Å². The predicted octanol–water partition coefficient (Wildman–Crippen LogP) is 14.0. The van der Waals surface area contributed by atoms with Crippen LogP contribution in [0.2, 0.25) is 0 Å². The van der Waals surface area contributed by atoms with Crippen molar-refractivity contribution in [2.45, 2.75) is 98.3 Å². The highest BCUT2D eigenvalue weighted by Gasteiger charge is 2.36. The zero-order valence-electron chi connectivity index (χ0n) is 31.8. The van der Waals surface area contributed by atoms with Gasteiger partial charge in [-0.25, -0.2) is 0 Å². The summed E-state index contributed by atoms with van der Waals surface area (Å²) in [5, 5.41) is 2.58. The summed E-state index contributed by atoms with van der Waals surface area (Å²) in [6, 6.07) is 44.1. The fraction of sp³-hybridized carbons (Fsp3) is 0.306. The lowest BCUT2D eigenvalue weighted by atomic mass is 9.79. The molecule has 1 nitrogen and oxygen atoms in total. The van der Waals surface area contributed by atoms with Crippen molar-refractivity contribution in [3.05, 3.63) is 149 Å². The lowest BCUT2D eigenvalue weighted by Gasteiger charge is -2.30. The van der Waals surface area contributed by atoms with E-state index < -0.39 is 0 Å². The third-order valence-electron chi connectivity index (χ3n) is 11.2. The Morgan fingerprint density at radius 2 is 1.02 bits per heavy atom. The molecule has 0 heterocycles. The number of aryl methyl sites for hydroxylation is 2. The van der Waals surface area contributed by atoms with Crippen LogP contribution in [-0.4, -0.2) is 0 Å². The Labute approximate surface area is 301 Å². The zero-order chi connectivity index (χ0) is 35.6. The smallest absolute Gasteiger partial charge is 0.0543 e. The average Bonchev–Trinajstić information content (AvgIpc) is 3.32. The first-order valence-electron chi connectivity index (χ1n) is 18.6. The Hall–Kier alpha value is -4.62. The maximum Gasteiger partial charge on any atom is 0.0543 e. The molecule has 0 unspecified atom stereocenters. The van der Waals surface area contributed by atoms with Crippen LogP contribution in [0.5, 0.6) is 0 Å². The molecule has 0 saturated carbocycles. The van der Waals surface area contributed by atoms with E-state index in [2.05, 4.69) is 189 Å². The van der Waals surface area contributed by atoms with Crippen LogP contribution in [0.25, 0.3) is 33.0 Å². The molecule has 0 atom stereocenters. The number of anilines is 3. The van der Waals surface area contributed by atoms with Crippen molar-refractivity contribution < 1.29 is 0 Å². The summed E-state index contributed by atoms with van der Waals surface area (Å²) in [6.45, 7) is 23.1. The molecule has 7 rings (SSSR count). The SMILES string of the molecule is CCc1cc2c(cc1-c1c(CC)cc(N(c3ccc(C(C)(C)C)cc3)c3ccc(C(C)(C)C)cc3)c3ccccc13)C(C)(C)c1ccccc1-2. The first-order valence-corrected chi connectivity index (χ1v) is 18.6. The lowest BCUT2D eigenvalue weighted by molar-refractivity contribution is 0.590. The molecule has 0 radical (unpaired) electrons. The molecule has 0 bridgehead atoms. The second-order valence-electron chi connectivity index (χ2n) is 16.8. The molecule has 0 saturated heterocycles. The maximum atomic E-state index is 2.54. The maximum absolute atomic E-state index is 2.54. The largest absolute Gasteiger partial charge is 0.310 e. The Morgan fingerprint density at radius 3 is 1.56 bits per heavy atom. The fourth-order valence-electron chi connectivity index (χ4n) is 8.16. The fourth-order valence-corrected chi connectivity index (χ4v) is 8.16. The molecule has 0 spiro atoms. The summed E-state index contributed by atoms with van der Waals surface area (Å²) < 4.78 is 0. The Kier molecular flexibility index (Phi) is 8.33. The summed E-state index contributed by atoms with van der Waals surface area (Å²) in [5.41, 5.74) is 17.6. The molecule has 0 aromatic heterocycles. The van der Waals surface area contributed by atoms with E-state index in [1.807, 2.05) is 0 Å². The number of rotatable bonds is 6. The second-order valence-corrected chi connectivity index (χ2v) is 16.8. The van der Waals surface area contributed by atoms with E-state index in [1.165, 1.54) is 83.5 Å². The van der Waals surface area contributed by atoms with Gasteiger partial charge < -0.3 is 4.90 Å². The minimum atomic E-state index is -0.0513. The van der Waals surface area contributed by atoms with Crippen LogP contribution >= 0.6 is 0 Å². The quantitative estimate of drug-likeness (QED) is 0.173. The number of fused-ring (bicyclic) bond motifs is 4. The van der Waals surface area contributed by atoms with Crippen molar-refractivity contribution >= 4 is 27.8 Å². The zero-order valence-corrected chi connectivity index (χ0v) is 31.8. The number of hydrogen-bond donors (Lipinski definition) is 0. The summed E-state index contributed by atoms with van der Waals surface area (Å²) >= 11 is 0. The van der Waals surface area contributed by atoms with E-state index in [0.717, 1.165) is 12.8 Å². The summed E-state index contributed by atoms with van der Waals surface area (Å²) in [7, 11) is 0. The van der Waals surface area contributed by atoms with Gasteiger partial charge in [-0.2, -0.15) is 0 Å². The molecule has 50 heavy (non-hydrogen) atoms. The van der Waals surface area contributed by atoms with Crippen molar-refractivity contribution in [1.82, 2.24) is 0 Å². The van der Waals surface area contributed by atoms with E-state index in [-0.39, 0.29) is 16.2 Å². The number of benzene rings is 6. The average molecular weight is 656 g/mol. The van der Waals surface area contributed by atoms with Gasteiger partial charge in [-0.1, -0.05) is 148 Å². The van der Waals surface area contributed by atoms with Crippen LogP contribution in [-0.2, 0) is 29.1 Å². The standard InChI is InChI=1S/C49H53N/c1-11-32-29-42-38-17-15-16-20-43(38)49(9,10)44(42)31-41(32)46-33(12-2)30-45(39-18-13-14-19-40(39)46)50(36-25-21-34(22-26-36)47(3,4)5)37-27-23-35(24-28-37)48(6,7)8/h13-31H,11-12H2,1-10H3. The van der Waals surface area contributed by atoms with Gasteiger partial charge in [0.05, 0.1) is 5.69 Å². The third kappa shape index (κ3) is 5.65. The summed E-state index contributed by atoms with van der Waals surface area (Å²) in [5.74, 6) is 0. The molecular weight excluding hydrogens is 603 g/mol. The molecule has 0 amide bonds. The molecule has 6 aromatic rings. The second kappa shape index (κ2) is 12.3. The van der Waals surface area contributed by atoms with Gasteiger partial charge in [0.1, 0.15) is 0 Å². The van der Waals surface area contributed by atoms with Gasteiger partial charge in [-0.05, 0) is 121 Å². The molecule has 0 aliphatic heterocycles. The Morgan fingerprint density at radius 1 is 0.500 bits per heavy atom. The van der Waals surface area contributed by atoms with Crippen molar-refractivity contribution in [2.75, 3.05) is 4.90 Å². The van der Waals surface area contributed by atoms with Gasteiger partial charge >= 0.3 is 0 Å². The highest BCUT2D eigenvalue weighted by molar-refractivity contribution is 6.08. The van der Waals surface area contributed by atoms with E-state index in [1.54, 1.807) is 0 Å². The molecule has 1 heteroatoms. The highest BCUT2D eigenvalue weighted by atomic mass is 15.1. The monoisotopic (exact) mass is 655 g/mol. The third-order valence-corrected chi connectivity index (χ3v) is 11.2. The Bertz CT molecular complexity index is 2140. The minimum Gasteiger partial charge on any atom is -0.310 e. The summed E-state index contributed by atoms with van der Waals surface area (Å²) in [4.78, 5) is 2.48. The Balaban J connectivity index is 1.48. The molecule has 6 aromatic carbocycles. The molecule has 1 aliphatic carbocycles. The number of nitrogens with zero attached hydrogens (tertiary/aromatic N) is 1. The van der Waals surface area contributed by atoms with Gasteiger partial charge in [0.25, 0.3) is 0 Å². The van der Waals surface area contributed by atoms with Crippen LogP contribution in [0.1, 0.15) is 103 Å². The highest BCUT2D eigenvalue weighted by Crippen LogP contribution is 2.52. The summed E-state index contributed by atoms with van der Waals surface area (Å²) in [6.07, 6.45) is 1.92.